The number of hydrogen-bond acceptors (Lipinski definition) is 6. The molecule has 0 saturated heterocycles. The van der Waals surface area contributed by atoms with Gasteiger partial charge in [-0.05, 0) is 19.4 Å². The average molecular weight is 342 g/mol. The third-order valence-corrected chi connectivity index (χ3v) is 3.90. The molecule has 0 spiro atoms. The summed E-state index contributed by atoms with van der Waals surface area (Å²) in [6.07, 6.45) is 1.82. The van der Waals surface area contributed by atoms with Crippen LogP contribution in [-0.2, 0) is 6.54 Å². The van der Waals surface area contributed by atoms with Crippen LogP contribution in [0.5, 0.6) is 0 Å². The van der Waals surface area contributed by atoms with Gasteiger partial charge in [-0.2, -0.15) is 22.6 Å². The number of thiol groups is 1. The Labute approximate surface area is 147 Å². The fraction of sp³-hybridized carbons (Fsp3) is 0.353. The van der Waals surface area contributed by atoms with Gasteiger partial charge in [-0.3, -0.25) is 0 Å². The van der Waals surface area contributed by atoms with Crippen LogP contribution in [0.4, 0.5) is 11.8 Å². The van der Waals surface area contributed by atoms with Gasteiger partial charge in [-0.15, -0.1) is 0 Å². The molecule has 0 unspecified atom stereocenters. The van der Waals surface area contributed by atoms with Crippen LogP contribution >= 0.6 is 12.6 Å². The number of nitrogens with zero attached hydrogens (tertiary/aromatic N) is 4. The molecular weight excluding hydrogens is 320 g/mol. The molecule has 0 fully saturated rings. The third-order valence-electron chi connectivity index (χ3n) is 3.68. The SMILES string of the molecule is CC(C)n1cnc2c(NCc3ccccc3)nc(NCCS)nc21. The largest absolute Gasteiger partial charge is 0.364 e. The molecule has 0 aliphatic heterocycles. The molecule has 6 nitrogen and oxygen atoms in total. The number of hydrogen-bond donors (Lipinski definition) is 3. The van der Waals surface area contributed by atoms with Crippen molar-refractivity contribution in [2.75, 3.05) is 22.9 Å². The summed E-state index contributed by atoms with van der Waals surface area (Å²) >= 11 is 4.23. The Morgan fingerprint density at radius 1 is 1.12 bits per heavy atom. The van der Waals surface area contributed by atoms with Crippen LogP contribution in [0.1, 0.15) is 25.5 Å². The molecule has 0 aliphatic carbocycles. The normalized spacial score (nSPS) is 11.2. The quantitative estimate of drug-likeness (QED) is 0.575. The van der Waals surface area contributed by atoms with Crippen LogP contribution in [0.3, 0.4) is 0 Å². The van der Waals surface area contributed by atoms with Crippen molar-refractivity contribution in [2.45, 2.75) is 26.4 Å². The van der Waals surface area contributed by atoms with E-state index < -0.39 is 0 Å². The summed E-state index contributed by atoms with van der Waals surface area (Å²) in [5, 5.41) is 6.59. The lowest BCUT2D eigenvalue weighted by Crippen LogP contribution is -2.11. The molecule has 3 aromatic rings. The first-order chi connectivity index (χ1) is 11.7. The van der Waals surface area contributed by atoms with Gasteiger partial charge in [0.1, 0.15) is 0 Å². The minimum atomic E-state index is 0.282. The molecule has 0 saturated carbocycles. The number of aromatic nitrogens is 4. The Balaban J connectivity index is 1.94. The monoisotopic (exact) mass is 342 g/mol. The van der Waals surface area contributed by atoms with E-state index in [1.807, 2.05) is 24.5 Å². The van der Waals surface area contributed by atoms with E-state index in [2.05, 4.69) is 68.8 Å². The molecule has 0 radical (unpaired) electrons. The Hall–Kier alpha value is -2.28. The third kappa shape index (κ3) is 3.62. The molecular formula is C17H22N6S. The molecule has 0 amide bonds. The first kappa shape index (κ1) is 16.6. The van der Waals surface area contributed by atoms with Gasteiger partial charge in [-0.25, -0.2) is 4.98 Å². The van der Waals surface area contributed by atoms with Gasteiger partial charge in [-0.1, -0.05) is 30.3 Å². The Morgan fingerprint density at radius 2 is 1.92 bits per heavy atom. The van der Waals surface area contributed by atoms with Gasteiger partial charge in [0.2, 0.25) is 5.95 Å². The molecule has 3 rings (SSSR count). The summed E-state index contributed by atoms with van der Waals surface area (Å²) in [6, 6.07) is 10.5. The van der Waals surface area contributed by atoms with Gasteiger partial charge in [0, 0.05) is 24.9 Å². The summed E-state index contributed by atoms with van der Waals surface area (Å²) in [5.41, 5.74) is 2.81. The van der Waals surface area contributed by atoms with Crippen LogP contribution in [0, 0.1) is 0 Å². The van der Waals surface area contributed by atoms with Crippen molar-refractivity contribution in [1.29, 1.82) is 0 Å². The maximum absolute atomic E-state index is 4.61. The number of fused-ring (bicyclic) bond motifs is 1. The number of anilines is 2. The van der Waals surface area contributed by atoms with Crippen LogP contribution in [0.25, 0.3) is 11.2 Å². The number of rotatable bonds is 7. The van der Waals surface area contributed by atoms with E-state index in [-0.39, 0.29) is 6.04 Å². The van der Waals surface area contributed by atoms with Crippen LogP contribution in [0.15, 0.2) is 36.7 Å². The van der Waals surface area contributed by atoms with Gasteiger partial charge in [0.15, 0.2) is 17.0 Å². The van der Waals surface area contributed by atoms with Crippen molar-refractivity contribution < 1.29 is 0 Å². The van der Waals surface area contributed by atoms with Gasteiger partial charge in [0.05, 0.1) is 6.33 Å². The minimum Gasteiger partial charge on any atom is -0.364 e. The van der Waals surface area contributed by atoms with E-state index in [4.69, 9.17) is 0 Å². The highest BCUT2D eigenvalue weighted by Gasteiger charge is 2.14. The molecule has 24 heavy (non-hydrogen) atoms. The highest BCUT2D eigenvalue weighted by atomic mass is 32.1. The van der Waals surface area contributed by atoms with Crippen molar-refractivity contribution in [2.24, 2.45) is 0 Å². The van der Waals surface area contributed by atoms with Gasteiger partial charge >= 0.3 is 0 Å². The molecule has 2 aromatic heterocycles. The molecule has 0 atom stereocenters. The Bertz CT molecular complexity index is 799. The lowest BCUT2D eigenvalue weighted by Gasteiger charge is -2.11. The van der Waals surface area contributed by atoms with Crippen molar-refractivity contribution in [3.8, 4) is 0 Å². The second kappa shape index (κ2) is 7.53. The first-order valence-corrected chi connectivity index (χ1v) is 8.69. The van der Waals surface area contributed by atoms with Crippen LogP contribution in [-0.4, -0.2) is 31.8 Å². The summed E-state index contributed by atoms with van der Waals surface area (Å²) in [6.45, 7) is 5.62. The van der Waals surface area contributed by atoms with Crippen LogP contribution < -0.4 is 10.6 Å². The molecule has 1 aromatic carbocycles. The minimum absolute atomic E-state index is 0.282. The maximum atomic E-state index is 4.61. The van der Waals surface area contributed by atoms with E-state index in [1.54, 1.807) is 0 Å². The molecule has 126 valence electrons. The zero-order valence-corrected chi connectivity index (χ0v) is 14.8. The Kier molecular flexibility index (Phi) is 5.20. The fourth-order valence-corrected chi connectivity index (χ4v) is 2.56. The standard InChI is InChI=1S/C17H22N6S/c1-12(2)23-11-20-14-15(19-10-13-6-4-3-5-7-13)21-17(18-8-9-24)22-16(14)23/h3-7,11-12,24H,8-10H2,1-2H3,(H2,18,19,21,22). The molecule has 2 N–H and O–H groups in total. The van der Waals surface area contributed by atoms with E-state index in [0.717, 1.165) is 22.7 Å². The summed E-state index contributed by atoms with van der Waals surface area (Å²) in [7, 11) is 0. The molecule has 2 heterocycles. The van der Waals surface area contributed by atoms with E-state index in [9.17, 15) is 0 Å². The van der Waals surface area contributed by atoms with Crippen molar-refractivity contribution in [3.63, 3.8) is 0 Å². The number of nitrogens with one attached hydrogen (secondary N) is 2. The first-order valence-electron chi connectivity index (χ1n) is 8.06. The van der Waals surface area contributed by atoms with E-state index in [1.165, 1.54) is 5.56 Å². The molecule has 7 heteroatoms. The lowest BCUT2D eigenvalue weighted by atomic mass is 10.2. The van der Waals surface area contributed by atoms with Gasteiger partial charge < -0.3 is 15.2 Å². The zero-order valence-electron chi connectivity index (χ0n) is 13.9. The maximum Gasteiger partial charge on any atom is 0.226 e. The Morgan fingerprint density at radius 3 is 2.62 bits per heavy atom. The van der Waals surface area contributed by atoms with E-state index in [0.29, 0.717) is 19.0 Å². The number of benzene rings is 1. The van der Waals surface area contributed by atoms with Crippen molar-refractivity contribution in [3.05, 3.63) is 42.2 Å². The van der Waals surface area contributed by atoms with Gasteiger partial charge in [0.25, 0.3) is 0 Å². The predicted molar refractivity (Wildman–Crippen MR) is 102 cm³/mol. The lowest BCUT2D eigenvalue weighted by molar-refractivity contribution is 0.613. The molecule has 0 aliphatic rings. The summed E-state index contributed by atoms with van der Waals surface area (Å²) in [4.78, 5) is 13.7. The van der Waals surface area contributed by atoms with Crippen molar-refractivity contribution >= 4 is 35.6 Å². The smallest absolute Gasteiger partial charge is 0.226 e. The topological polar surface area (TPSA) is 67.7 Å². The van der Waals surface area contributed by atoms with Crippen molar-refractivity contribution in [1.82, 2.24) is 19.5 Å². The second-order valence-corrected chi connectivity index (χ2v) is 6.25. The van der Waals surface area contributed by atoms with E-state index >= 15 is 0 Å². The van der Waals surface area contributed by atoms with Crippen LogP contribution in [0.2, 0.25) is 0 Å². The number of imidazole rings is 1. The average Bonchev–Trinajstić information content (AvgIpc) is 3.03. The molecule has 0 bridgehead atoms. The summed E-state index contributed by atoms with van der Waals surface area (Å²) in [5.74, 6) is 2.05. The fourth-order valence-electron chi connectivity index (χ4n) is 2.45. The highest BCUT2D eigenvalue weighted by Crippen LogP contribution is 2.23. The predicted octanol–water partition coefficient (Wildman–Crippen LogP) is 3.36. The summed E-state index contributed by atoms with van der Waals surface area (Å²) < 4.78 is 2.05. The highest BCUT2D eigenvalue weighted by molar-refractivity contribution is 7.80. The zero-order chi connectivity index (χ0) is 16.9. The second-order valence-electron chi connectivity index (χ2n) is 5.80.